The van der Waals surface area contributed by atoms with Gasteiger partial charge in [-0.2, -0.15) is 0 Å². The van der Waals surface area contributed by atoms with Crippen LogP contribution in [0.4, 0.5) is 5.95 Å². The second-order valence-electron chi connectivity index (χ2n) is 4.12. The van der Waals surface area contributed by atoms with Crippen molar-refractivity contribution < 1.29 is 14.3 Å². The SMILES string of the molecule is CCOc1cc(C[N-]c2nn[nH]n2)cc(Br)c1OCC(N)=O. The van der Waals surface area contributed by atoms with Gasteiger partial charge in [-0.3, -0.25) is 20.2 Å². The molecule has 0 spiro atoms. The summed E-state index contributed by atoms with van der Waals surface area (Å²) in [5, 5.41) is 17.4. The minimum atomic E-state index is -0.564. The lowest BCUT2D eigenvalue weighted by molar-refractivity contribution is -0.119. The average Bonchev–Trinajstić information content (AvgIpc) is 2.97. The van der Waals surface area contributed by atoms with E-state index < -0.39 is 5.91 Å². The highest BCUT2D eigenvalue weighted by atomic mass is 79.9. The summed E-state index contributed by atoms with van der Waals surface area (Å²) in [4.78, 5) is 10.9. The molecule has 0 aliphatic rings. The quantitative estimate of drug-likeness (QED) is 0.723. The Hall–Kier alpha value is -2.36. The molecule has 0 radical (unpaired) electrons. The van der Waals surface area contributed by atoms with Crippen molar-refractivity contribution in [3.8, 4) is 11.5 Å². The van der Waals surface area contributed by atoms with Crippen molar-refractivity contribution in [2.45, 2.75) is 13.5 Å². The summed E-state index contributed by atoms with van der Waals surface area (Å²) in [5.74, 6) is 0.620. The monoisotopic (exact) mass is 369 g/mol. The Morgan fingerprint density at radius 2 is 2.27 bits per heavy atom. The zero-order valence-corrected chi connectivity index (χ0v) is 13.3. The highest BCUT2D eigenvalue weighted by Gasteiger charge is 2.13. The van der Waals surface area contributed by atoms with E-state index in [1.165, 1.54) is 0 Å². The number of amides is 1. The lowest BCUT2D eigenvalue weighted by Gasteiger charge is -2.15. The second-order valence-corrected chi connectivity index (χ2v) is 4.98. The topological polar surface area (TPSA) is 130 Å². The Morgan fingerprint density at radius 3 is 2.91 bits per heavy atom. The zero-order valence-electron chi connectivity index (χ0n) is 11.7. The number of nitrogens with one attached hydrogen (secondary N) is 1. The van der Waals surface area contributed by atoms with E-state index in [9.17, 15) is 4.79 Å². The molecule has 0 fully saturated rings. The van der Waals surface area contributed by atoms with Crippen molar-refractivity contribution >= 4 is 27.8 Å². The fourth-order valence-corrected chi connectivity index (χ4v) is 2.25. The van der Waals surface area contributed by atoms with E-state index in [-0.39, 0.29) is 12.6 Å². The normalized spacial score (nSPS) is 10.3. The molecule has 1 amide bonds. The Morgan fingerprint density at radius 1 is 1.45 bits per heavy atom. The van der Waals surface area contributed by atoms with Crippen LogP contribution in [0.3, 0.4) is 0 Å². The first-order chi connectivity index (χ1) is 10.6. The molecule has 0 aliphatic carbocycles. The van der Waals surface area contributed by atoms with Crippen LogP contribution in [0.5, 0.6) is 11.5 Å². The number of H-pyrrole nitrogens is 1. The molecule has 0 aliphatic heterocycles. The van der Waals surface area contributed by atoms with Crippen molar-refractivity contribution in [2.24, 2.45) is 5.73 Å². The van der Waals surface area contributed by atoms with Gasteiger partial charge in [0.25, 0.3) is 5.91 Å². The number of hydrogen-bond donors (Lipinski definition) is 2. The third kappa shape index (κ3) is 4.32. The number of aromatic amines is 1. The summed E-state index contributed by atoms with van der Waals surface area (Å²) in [6.07, 6.45) is 0. The number of primary amides is 1. The number of aromatic nitrogens is 4. The summed E-state index contributed by atoms with van der Waals surface area (Å²) in [5.41, 5.74) is 5.94. The largest absolute Gasteiger partial charge is 0.490 e. The Bertz CT molecular complexity index is 634. The van der Waals surface area contributed by atoms with E-state index in [2.05, 4.69) is 41.9 Å². The summed E-state index contributed by atoms with van der Waals surface area (Å²) >= 11 is 3.39. The van der Waals surface area contributed by atoms with Crippen molar-refractivity contribution in [1.29, 1.82) is 0 Å². The molecule has 2 aromatic rings. The van der Waals surface area contributed by atoms with E-state index >= 15 is 0 Å². The fraction of sp³-hybridized carbons (Fsp3) is 0.333. The van der Waals surface area contributed by atoms with Gasteiger partial charge in [0.2, 0.25) is 0 Å². The van der Waals surface area contributed by atoms with E-state index in [4.69, 9.17) is 15.2 Å². The van der Waals surface area contributed by atoms with Gasteiger partial charge < -0.3 is 20.5 Å². The maximum Gasteiger partial charge on any atom is 0.255 e. The Balaban J connectivity index is 2.16. The van der Waals surface area contributed by atoms with E-state index in [0.717, 1.165) is 5.56 Å². The number of ether oxygens (including phenoxy) is 2. The molecule has 9 nitrogen and oxygen atoms in total. The van der Waals surface area contributed by atoms with Crippen LogP contribution in [0.1, 0.15) is 12.5 Å². The zero-order chi connectivity index (χ0) is 15.9. The first kappa shape index (κ1) is 16.0. The standard InChI is InChI=1S/C12H15BrN6O3/c1-2-21-9-4-7(5-15-12-16-18-19-17-12)3-8(13)11(9)22-6-10(14)20/h3-4H,2,5-6H2,1H3,(H4,14,15,16,17,18,19,20)/p-1. The predicted molar refractivity (Wildman–Crippen MR) is 80.9 cm³/mol. The van der Waals surface area contributed by atoms with Crippen LogP contribution >= 0.6 is 15.9 Å². The molecule has 1 heterocycles. The number of nitrogens with zero attached hydrogens (tertiary/aromatic N) is 4. The first-order valence-electron chi connectivity index (χ1n) is 6.37. The molecular formula is C12H14BrN6O3-. The molecular weight excluding hydrogens is 356 g/mol. The number of benzene rings is 1. The van der Waals surface area contributed by atoms with Crippen molar-refractivity contribution in [3.05, 3.63) is 27.5 Å². The molecule has 0 saturated carbocycles. The maximum atomic E-state index is 10.9. The molecule has 10 heteroatoms. The maximum absolute atomic E-state index is 10.9. The van der Waals surface area contributed by atoms with E-state index in [0.29, 0.717) is 29.1 Å². The highest BCUT2D eigenvalue weighted by molar-refractivity contribution is 9.10. The molecule has 1 aromatic heterocycles. The van der Waals surface area contributed by atoms with E-state index in [1.807, 2.05) is 13.0 Å². The summed E-state index contributed by atoms with van der Waals surface area (Å²) in [6.45, 7) is 2.41. The van der Waals surface area contributed by atoms with Crippen molar-refractivity contribution in [3.63, 3.8) is 0 Å². The minimum Gasteiger partial charge on any atom is -0.490 e. The summed E-state index contributed by atoms with van der Waals surface area (Å²) in [6, 6.07) is 3.58. The second kappa shape index (κ2) is 7.59. The van der Waals surface area contributed by atoms with Crippen molar-refractivity contribution in [1.82, 2.24) is 20.6 Å². The number of nitrogens with two attached hydrogens (primary N) is 1. The van der Waals surface area contributed by atoms with Gasteiger partial charge in [0.15, 0.2) is 18.1 Å². The first-order valence-corrected chi connectivity index (χ1v) is 7.16. The van der Waals surface area contributed by atoms with Gasteiger partial charge in [-0.15, -0.1) is 5.21 Å². The third-order valence-corrected chi connectivity index (χ3v) is 3.05. The van der Waals surface area contributed by atoms with Crippen LogP contribution < -0.4 is 15.2 Å². The Kier molecular flexibility index (Phi) is 5.53. The minimum absolute atomic E-state index is 0.231. The molecule has 1 aromatic carbocycles. The lowest BCUT2D eigenvalue weighted by Crippen LogP contribution is -2.20. The molecule has 22 heavy (non-hydrogen) atoms. The molecule has 0 unspecified atom stereocenters. The number of halogens is 1. The van der Waals surface area contributed by atoms with Gasteiger partial charge >= 0.3 is 0 Å². The lowest BCUT2D eigenvalue weighted by atomic mass is 10.2. The molecule has 3 N–H and O–H groups in total. The van der Waals surface area contributed by atoms with Crippen LogP contribution in [0.15, 0.2) is 16.6 Å². The molecule has 118 valence electrons. The van der Waals surface area contributed by atoms with E-state index in [1.54, 1.807) is 6.07 Å². The number of tetrazole rings is 1. The highest BCUT2D eigenvalue weighted by Crippen LogP contribution is 2.37. The number of rotatable bonds is 8. The molecule has 0 atom stereocenters. The van der Waals surface area contributed by atoms with Crippen LogP contribution in [-0.2, 0) is 11.3 Å². The van der Waals surface area contributed by atoms with Crippen LogP contribution in [0.25, 0.3) is 5.32 Å². The van der Waals surface area contributed by atoms with Crippen LogP contribution in [0, 0.1) is 0 Å². The smallest absolute Gasteiger partial charge is 0.255 e. The molecule has 2 rings (SSSR count). The van der Waals surface area contributed by atoms with Crippen LogP contribution in [-0.4, -0.2) is 39.7 Å². The van der Waals surface area contributed by atoms with Gasteiger partial charge in [0.05, 0.1) is 17.0 Å². The van der Waals surface area contributed by atoms with Gasteiger partial charge in [-0.1, -0.05) is 0 Å². The van der Waals surface area contributed by atoms with Gasteiger partial charge in [0, 0.05) is 6.54 Å². The van der Waals surface area contributed by atoms with Gasteiger partial charge in [0.1, 0.15) is 0 Å². The Labute approximate surface area is 134 Å². The average molecular weight is 370 g/mol. The summed E-state index contributed by atoms with van der Waals surface area (Å²) < 4.78 is 11.5. The fourth-order valence-electron chi connectivity index (χ4n) is 1.64. The summed E-state index contributed by atoms with van der Waals surface area (Å²) in [7, 11) is 0. The predicted octanol–water partition coefficient (Wildman–Crippen LogP) is 1.43. The molecule has 0 bridgehead atoms. The molecule has 0 saturated heterocycles. The van der Waals surface area contributed by atoms with Gasteiger partial charge in [-0.25, -0.2) is 0 Å². The van der Waals surface area contributed by atoms with Gasteiger partial charge in [-0.05, 0) is 40.5 Å². The third-order valence-electron chi connectivity index (χ3n) is 2.47. The number of carbonyl (C=O) groups is 1. The number of carbonyl (C=O) groups excluding carboxylic acids is 1. The van der Waals surface area contributed by atoms with Crippen LogP contribution in [0.2, 0.25) is 0 Å². The van der Waals surface area contributed by atoms with Crippen molar-refractivity contribution in [2.75, 3.05) is 13.2 Å². The number of hydrogen-bond acceptors (Lipinski definition) is 6.